The third-order valence-electron chi connectivity index (χ3n) is 6.78. The molecule has 168 valence electrons. The Labute approximate surface area is 185 Å². The lowest BCUT2D eigenvalue weighted by molar-refractivity contribution is -0.177. The summed E-state index contributed by atoms with van der Waals surface area (Å²) in [5.41, 5.74) is 6.77. The van der Waals surface area contributed by atoms with Gasteiger partial charge in [-0.25, -0.2) is 4.39 Å². The van der Waals surface area contributed by atoms with Gasteiger partial charge in [0.15, 0.2) is 0 Å². The molecule has 2 aromatic carbocycles. The summed E-state index contributed by atoms with van der Waals surface area (Å²) in [4.78, 5) is 13.2. The van der Waals surface area contributed by atoms with Crippen LogP contribution in [0, 0.1) is 23.1 Å². The van der Waals surface area contributed by atoms with Gasteiger partial charge in [0, 0.05) is 13.1 Å². The molecule has 0 spiro atoms. The Bertz CT molecular complexity index is 884. The van der Waals surface area contributed by atoms with Crippen LogP contribution >= 0.6 is 0 Å². The average Bonchev–Trinajstić information content (AvgIpc) is 3.53. The van der Waals surface area contributed by atoms with E-state index in [1.165, 1.54) is 0 Å². The van der Waals surface area contributed by atoms with Gasteiger partial charge < -0.3 is 15.8 Å². The average molecular weight is 427 g/mol. The lowest BCUT2D eigenvalue weighted by Crippen LogP contribution is -2.52. The molecule has 0 radical (unpaired) electrons. The number of hydrogen-bond acceptors (Lipinski definition) is 4. The molecule has 3 rings (SSSR count). The topological polar surface area (TPSA) is 64.3 Å². The van der Waals surface area contributed by atoms with Crippen molar-refractivity contribution in [2.24, 2.45) is 23.0 Å². The molecule has 1 saturated carbocycles. The number of nitrogens with one attached hydrogen (secondary N) is 1. The molecule has 5 heteroatoms. The lowest BCUT2D eigenvalue weighted by atomic mass is 9.80. The van der Waals surface area contributed by atoms with Gasteiger partial charge in [-0.05, 0) is 48.3 Å². The summed E-state index contributed by atoms with van der Waals surface area (Å²) in [5, 5.41) is 3.17. The number of carbonyl (C=O) groups is 1. The van der Waals surface area contributed by atoms with E-state index in [4.69, 9.17) is 10.5 Å². The predicted octanol–water partition coefficient (Wildman–Crippen LogP) is 5.31. The van der Waals surface area contributed by atoms with Crippen LogP contribution < -0.4 is 11.1 Å². The van der Waals surface area contributed by atoms with Gasteiger partial charge in [0.25, 0.3) is 0 Å². The third kappa shape index (κ3) is 4.93. The number of ether oxygens (including phenoxy) is 1. The van der Waals surface area contributed by atoms with Crippen LogP contribution in [0.1, 0.15) is 51.7 Å². The second-order valence-electron chi connectivity index (χ2n) is 9.43. The fourth-order valence-electron chi connectivity index (χ4n) is 4.31. The van der Waals surface area contributed by atoms with Crippen molar-refractivity contribution >= 4 is 11.7 Å². The molecular weight excluding hydrogens is 391 g/mol. The summed E-state index contributed by atoms with van der Waals surface area (Å²) in [5.74, 6) is -0.350. The van der Waals surface area contributed by atoms with Gasteiger partial charge >= 0.3 is 5.97 Å². The summed E-state index contributed by atoms with van der Waals surface area (Å²) < 4.78 is 21.3. The number of rotatable bonds is 10. The van der Waals surface area contributed by atoms with Crippen LogP contribution in [-0.2, 0) is 22.5 Å². The van der Waals surface area contributed by atoms with Crippen LogP contribution in [0.3, 0.4) is 0 Å². The van der Waals surface area contributed by atoms with Gasteiger partial charge in [-0.3, -0.25) is 4.79 Å². The summed E-state index contributed by atoms with van der Waals surface area (Å²) in [6.07, 6.45) is 1.77. The first-order chi connectivity index (χ1) is 14.7. The Morgan fingerprint density at radius 1 is 1.10 bits per heavy atom. The Kier molecular flexibility index (Phi) is 7.05. The number of benzene rings is 2. The monoisotopic (exact) mass is 426 g/mol. The molecule has 1 aliphatic rings. The van der Waals surface area contributed by atoms with Crippen LogP contribution in [0.4, 0.5) is 10.1 Å². The van der Waals surface area contributed by atoms with Crippen LogP contribution in [0.5, 0.6) is 0 Å². The Hall–Kier alpha value is -2.40. The molecule has 0 amide bonds. The summed E-state index contributed by atoms with van der Waals surface area (Å²) in [6.45, 7) is 8.93. The summed E-state index contributed by atoms with van der Waals surface area (Å²) in [6, 6.07) is 15.2. The van der Waals surface area contributed by atoms with Crippen LogP contribution in [0.25, 0.3) is 0 Å². The van der Waals surface area contributed by atoms with Gasteiger partial charge in [-0.15, -0.1) is 0 Å². The fraction of sp³-hybridized carbons (Fsp3) is 0.500. The van der Waals surface area contributed by atoms with Crippen molar-refractivity contribution in [3.63, 3.8) is 0 Å². The van der Waals surface area contributed by atoms with Gasteiger partial charge in [-0.1, -0.05) is 70.2 Å². The molecule has 0 bridgehead atoms. The second kappa shape index (κ2) is 9.39. The number of hydrogen-bond donors (Lipinski definition) is 2. The molecule has 2 aromatic rings. The Balaban J connectivity index is 1.73. The minimum atomic E-state index is -0.704. The van der Waals surface area contributed by atoms with Crippen LogP contribution in [0.2, 0.25) is 0 Å². The molecule has 1 fully saturated rings. The number of halogens is 1. The Morgan fingerprint density at radius 2 is 1.74 bits per heavy atom. The zero-order valence-corrected chi connectivity index (χ0v) is 19.1. The number of carbonyl (C=O) groups excluding carboxylic acids is 1. The van der Waals surface area contributed by atoms with E-state index in [2.05, 4.69) is 5.32 Å². The van der Waals surface area contributed by atoms with Gasteiger partial charge in [0.05, 0.1) is 11.1 Å². The van der Waals surface area contributed by atoms with Gasteiger partial charge in [-0.2, -0.15) is 0 Å². The third-order valence-corrected chi connectivity index (χ3v) is 6.78. The standard InChI is InChI=1S/C26H35FN2O2/c1-18(2)26(17-28,19(3)4)31-24(30)25(13-14-25)15-21-11-8-12-22(23(21)27)29-16-20-9-6-5-7-10-20/h5-12,18-19,29H,13-17,28H2,1-4H3. The predicted molar refractivity (Wildman–Crippen MR) is 123 cm³/mol. The largest absolute Gasteiger partial charge is 0.457 e. The van der Waals surface area contributed by atoms with E-state index in [0.29, 0.717) is 37.1 Å². The Morgan fingerprint density at radius 3 is 2.29 bits per heavy atom. The number of esters is 1. The molecule has 0 atom stereocenters. The fourth-order valence-corrected chi connectivity index (χ4v) is 4.31. The first kappa shape index (κ1) is 23.3. The van der Waals surface area contributed by atoms with Crippen molar-refractivity contribution in [1.29, 1.82) is 0 Å². The number of anilines is 1. The molecule has 31 heavy (non-hydrogen) atoms. The molecule has 0 aromatic heterocycles. The summed E-state index contributed by atoms with van der Waals surface area (Å²) >= 11 is 0. The van der Waals surface area contributed by atoms with Crippen molar-refractivity contribution in [3.8, 4) is 0 Å². The zero-order chi connectivity index (χ0) is 22.6. The highest BCUT2D eigenvalue weighted by Gasteiger charge is 2.54. The van der Waals surface area contributed by atoms with E-state index in [1.54, 1.807) is 12.1 Å². The SMILES string of the molecule is CC(C)C(CN)(OC(=O)C1(Cc2cccc(NCc3ccccc3)c2F)CC1)C(C)C. The molecule has 0 saturated heterocycles. The minimum absolute atomic E-state index is 0.0968. The van der Waals surface area contributed by atoms with Crippen LogP contribution in [-0.4, -0.2) is 18.1 Å². The maximum absolute atomic E-state index is 15.2. The first-order valence-electron chi connectivity index (χ1n) is 11.2. The molecule has 0 aliphatic heterocycles. The van der Waals surface area contributed by atoms with Crippen molar-refractivity contribution in [1.82, 2.24) is 0 Å². The smallest absolute Gasteiger partial charge is 0.313 e. The van der Waals surface area contributed by atoms with E-state index in [-0.39, 0.29) is 30.2 Å². The lowest BCUT2D eigenvalue weighted by Gasteiger charge is -2.40. The number of nitrogens with two attached hydrogens (primary N) is 1. The minimum Gasteiger partial charge on any atom is -0.457 e. The molecular formula is C26H35FN2O2. The van der Waals surface area contributed by atoms with Crippen molar-refractivity contribution in [2.75, 3.05) is 11.9 Å². The molecule has 4 nitrogen and oxygen atoms in total. The quantitative estimate of drug-likeness (QED) is 0.505. The van der Waals surface area contributed by atoms with Gasteiger partial charge in [0.2, 0.25) is 0 Å². The van der Waals surface area contributed by atoms with E-state index in [0.717, 1.165) is 5.56 Å². The van der Waals surface area contributed by atoms with Crippen molar-refractivity contribution in [2.45, 2.75) is 59.1 Å². The zero-order valence-electron chi connectivity index (χ0n) is 19.1. The van der Waals surface area contributed by atoms with Crippen molar-refractivity contribution < 1.29 is 13.9 Å². The second-order valence-corrected chi connectivity index (χ2v) is 9.43. The highest BCUT2D eigenvalue weighted by Crippen LogP contribution is 2.51. The normalized spacial score (nSPS) is 15.2. The highest BCUT2D eigenvalue weighted by atomic mass is 19.1. The first-order valence-corrected chi connectivity index (χ1v) is 11.2. The molecule has 0 unspecified atom stereocenters. The maximum Gasteiger partial charge on any atom is 0.313 e. The van der Waals surface area contributed by atoms with E-state index >= 15 is 4.39 Å². The highest BCUT2D eigenvalue weighted by molar-refractivity contribution is 5.81. The molecule has 3 N–H and O–H groups in total. The maximum atomic E-state index is 15.2. The van der Waals surface area contributed by atoms with E-state index in [1.807, 2.05) is 64.1 Å². The van der Waals surface area contributed by atoms with E-state index < -0.39 is 11.0 Å². The van der Waals surface area contributed by atoms with Gasteiger partial charge in [0.1, 0.15) is 11.4 Å². The molecule has 0 heterocycles. The van der Waals surface area contributed by atoms with Crippen molar-refractivity contribution in [3.05, 3.63) is 65.5 Å². The molecule has 1 aliphatic carbocycles. The summed E-state index contributed by atoms with van der Waals surface area (Å²) in [7, 11) is 0. The van der Waals surface area contributed by atoms with Crippen LogP contribution in [0.15, 0.2) is 48.5 Å². The van der Waals surface area contributed by atoms with E-state index in [9.17, 15) is 4.79 Å².